The van der Waals surface area contributed by atoms with Crippen molar-refractivity contribution in [3.63, 3.8) is 0 Å². The number of fused-ring (bicyclic) bond motifs is 4. The highest BCUT2D eigenvalue weighted by Gasteiger charge is 2.17. The molecule has 3 heterocycles. The second-order valence-corrected chi connectivity index (χ2v) is 10.8. The molecule has 0 aliphatic heterocycles. The Balaban J connectivity index is 1.28. The summed E-state index contributed by atoms with van der Waals surface area (Å²) >= 11 is 1.80. The summed E-state index contributed by atoms with van der Waals surface area (Å²) in [6, 6.07) is 43.5. The fourth-order valence-electron chi connectivity index (χ4n) is 5.17. The van der Waals surface area contributed by atoms with Gasteiger partial charge in [0.05, 0.1) is 5.56 Å². The minimum atomic E-state index is 0.585. The van der Waals surface area contributed by atoms with Gasteiger partial charge < -0.3 is 4.42 Å². The van der Waals surface area contributed by atoms with Gasteiger partial charge in [0.15, 0.2) is 17.5 Å². The third kappa shape index (κ3) is 3.87. The van der Waals surface area contributed by atoms with Gasteiger partial charge in [0, 0.05) is 31.5 Å². The quantitative estimate of drug-likeness (QED) is 0.227. The lowest BCUT2D eigenvalue weighted by atomic mass is 10.1. The number of para-hydroxylation sites is 2. The standard InChI is InChI=1S/C35H21N3OS/c1-2-9-23(10-3-1)33-36-34(24-19-17-22(18-20-24)31-21-25-11-4-7-16-30(25)40-31)38-35(37-33)28-14-8-13-27-26-12-5-6-15-29(26)39-32(27)28/h1-21H. The molecule has 0 amide bonds. The average Bonchev–Trinajstić information content (AvgIpc) is 3.63. The van der Waals surface area contributed by atoms with Crippen LogP contribution in [0.5, 0.6) is 0 Å². The summed E-state index contributed by atoms with van der Waals surface area (Å²) in [5, 5.41) is 3.39. The number of furan rings is 1. The van der Waals surface area contributed by atoms with E-state index in [1.54, 1.807) is 11.3 Å². The fraction of sp³-hybridized carbons (Fsp3) is 0. The van der Waals surface area contributed by atoms with Crippen LogP contribution in [0.4, 0.5) is 0 Å². The van der Waals surface area contributed by atoms with Gasteiger partial charge in [-0.25, -0.2) is 15.0 Å². The zero-order valence-electron chi connectivity index (χ0n) is 21.3. The van der Waals surface area contributed by atoms with Crippen molar-refractivity contribution in [3.05, 3.63) is 127 Å². The van der Waals surface area contributed by atoms with Crippen LogP contribution in [0.2, 0.25) is 0 Å². The SMILES string of the molecule is c1ccc(-c2nc(-c3ccc(-c4cc5ccccc5s4)cc3)nc(-c3cccc4c3oc3ccccc34)n2)cc1. The lowest BCUT2D eigenvalue weighted by Gasteiger charge is -2.09. The minimum Gasteiger partial charge on any atom is -0.455 e. The van der Waals surface area contributed by atoms with Gasteiger partial charge in [-0.3, -0.25) is 0 Å². The number of benzene rings is 5. The largest absolute Gasteiger partial charge is 0.455 e. The van der Waals surface area contributed by atoms with E-state index in [-0.39, 0.29) is 0 Å². The summed E-state index contributed by atoms with van der Waals surface area (Å²) in [6.07, 6.45) is 0. The maximum Gasteiger partial charge on any atom is 0.167 e. The van der Waals surface area contributed by atoms with Crippen LogP contribution in [0.1, 0.15) is 0 Å². The predicted molar refractivity (Wildman–Crippen MR) is 164 cm³/mol. The molecular weight excluding hydrogens is 510 g/mol. The lowest BCUT2D eigenvalue weighted by molar-refractivity contribution is 0.669. The Morgan fingerprint density at radius 2 is 1.15 bits per heavy atom. The molecule has 0 unspecified atom stereocenters. The van der Waals surface area contributed by atoms with E-state index in [1.807, 2.05) is 60.7 Å². The number of rotatable bonds is 4. The van der Waals surface area contributed by atoms with Crippen molar-refractivity contribution in [1.29, 1.82) is 0 Å². The molecular formula is C35H21N3OS. The average molecular weight is 532 g/mol. The minimum absolute atomic E-state index is 0.585. The molecule has 8 aromatic rings. The molecule has 8 rings (SSSR count). The van der Waals surface area contributed by atoms with Crippen molar-refractivity contribution in [3.8, 4) is 44.6 Å². The van der Waals surface area contributed by atoms with Crippen molar-refractivity contribution >= 4 is 43.4 Å². The van der Waals surface area contributed by atoms with E-state index in [1.165, 1.54) is 20.5 Å². The summed E-state index contributed by atoms with van der Waals surface area (Å²) in [4.78, 5) is 16.1. The van der Waals surface area contributed by atoms with Crippen LogP contribution in [0.25, 0.3) is 76.6 Å². The predicted octanol–water partition coefficient (Wildman–Crippen LogP) is 9.65. The Kier molecular flexibility index (Phi) is 5.28. The Hall–Kier alpha value is -5.13. The first kappa shape index (κ1) is 22.8. The van der Waals surface area contributed by atoms with Crippen molar-refractivity contribution in [2.45, 2.75) is 0 Å². The maximum atomic E-state index is 6.32. The molecule has 0 atom stereocenters. The Morgan fingerprint density at radius 3 is 1.98 bits per heavy atom. The van der Waals surface area contributed by atoms with Gasteiger partial charge in [-0.05, 0) is 35.2 Å². The first-order chi connectivity index (χ1) is 19.8. The van der Waals surface area contributed by atoms with E-state index in [0.717, 1.165) is 38.6 Å². The Labute approximate surface area is 234 Å². The first-order valence-corrected chi connectivity index (χ1v) is 13.9. The van der Waals surface area contributed by atoms with Crippen molar-refractivity contribution < 1.29 is 4.42 Å². The molecule has 0 aliphatic rings. The lowest BCUT2D eigenvalue weighted by Crippen LogP contribution is -2.00. The third-order valence-corrected chi connectivity index (χ3v) is 8.33. The van der Waals surface area contributed by atoms with Gasteiger partial charge in [-0.1, -0.05) is 103 Å². The highest BCUT2D eigenvalue weighted by Crippen LogP contribution is 2.37. The Morgan fingerprint density at radius 1 is 0.500 bits per heavy atom. The zero-order chi connectivity index (χ0) is 26.5. The Bertz CT molecular complexity index is 2130. The second-order valence-electron chi connectivity index (χ2n) is 9.68. The molecule has 3 aromatic heterocycles. The number of aromatic nitrogens is 3. The molecule has 0 fully saturated rings. The number of hydrogen-bond acceptors (Lipinski definition) is 5. The molecule has 0 bridgehead atoms. The smallest absolute Gasteiger partial charge is 0.167 e. The monoisotopic (exact) mass is 531 g/mol. The van der Waals surface area contributed by atoms with E-state index in [0.29, 0.717) is 17.5 Å². The summed E-state index contributed by atoms with van der Waals surface area (Å²) in [6.45, 7) is 0. The molecule has 0 N–H and O–H groups in total. The van der Waals surface area contributed by atoms with Crippen LogP contribution in [0.15, 0.2) is 132 Å². The molecule has 188 valence electrons. The number of thiophene rings is 1. The van der Waals surface area contributed by atoms with Crippen LogP contribution in [0, 0.1) is 0 Å². The van der Waals surface area contributed by atoms with Gasteiger partial charge in [0.2, 0.25) is 0 Å². The van der Waals surface area contributed by atoms with E-state index in [2.05, 4.69) is 66.7 Å². The molecule has 0 saturated carbocycles. The summed E-state index contributed by atoms with van der Waals surface area (Å²) in [5.74, 6) is 1.84. The maximum absolute atomic E-state index is 6.32. The first-order valence-electron chi connectivity index (χ1n) is 13.1. The molecule has 40 heavy (non-hydrogen) atoms. The number of hydrogen-bond donors (Lipinski definition) is 0. The van der Waals surface area contributed by atoms with Crippen LogP contribution in [-0.4, -0.2) is 15.0 Å². The molecule has 0 radical (unpaired) electrons. The molecule has 0 saturated heterocycles. The van der Waals surface area contributed by atoms with Gasteiger partial charge in [-0.15, -0.1) is 11.3 Å². The second kappa shape index (κ2) is 9.26. The van der Waals surface area contributed by atoms with Crippen molar-refractivity contribution in [2.75, 3.05) is 0 Å². The van der Waals surface area contributed by atoms with Crippen LogP contribution < -0.4 is 0 Å². The normalized spacial score (nSPS) is 11.5. The highest BCUT2D eigenvalue weighted by atomic mass is 32.1. The molecule has 0 aliphatic carbocycles. The van der Waals surface area contributed by atoms with E-state index in [4.69, 9.17) is 19.4 Å². The highest BCUT2D eigenvalue weighted by molar-refractivity contribution is 7.22. The van der Waals surface area contributed by atoms with Gasteiger partial charge in [0.25, 0.3) is 0 Å². The van der Waals surface area contributed by atoms with Gasteiger partial charge >= 0.3 is 0 Å². The van der Waals surface area contributed by atoms with Crippen molar-refractivity contribution in [2.24, 2.45) is 0 Å². The van der Waals surface area contributed by atoms with Crippen LogP contribution >= 0.6 is 11.3 Å². The number of nitrogens with zero attached hydrogens (tertiary/aromatic N) is 3. The fourth-order valence-corrected chi connectivity index (χ4v) is 6.24. The van der Waals surface area contributed by atoms with Crippen LogP contribution in [0.3, 0.4) is 0 Å². The molecule has 5 aromatic carbocycles. The van der Waals surface area contributed by atoms with Crippen LogP contribution in [-0.2, 0) is 0 Å². The topological polar surface area (TPSA) is 51.8 Å². The summed E-state index contributed by atoms with van der Waals surface area (Å²) in [5.41, 5.74) is 5.51. The van der Waals surface area contributed by atoms with Crippen molar-refractivity contribution in [1.82, 2.24) is 15.0 Å². The van der Waals surface area contributed by atoms with Gasteiger partial charge in [-0.2, -0.15) is 0 Å². The summed E-state index contributed by atoms with van der Waals surface area (Å²) in [7, 11) is 0. The van der Waals surface area contributed by atoms with E-state index >= 15 is 0 Å². The van der Waals surface area contributed by atoms with E-state index < -0.39 is 0 Å². The van der Waals surface area contributed by atoms with E-state index in [9.17, 15) is 0 Å². The molecule has 0 spiro atoms. The third-order valence-electron chi connectivity index (χ3n) is 7.17. The molecule has 5 heteroatoms. The zero-order valence-corrected chi connectivity index (χ0v) is 22.1. The molecule has 4 nitrogen and oxygen atoms in total. The van der Waals surface area contributed by atoms with Gasteiger partial charge in [0.1, 0.15) is 11.2 Å². The summed E-state index contributed by atoms with van der Waals surface area (Å²) < 4.78 is 7.61.